The SMILES string of the molecule is C=CCN1C(=O)c2ccc(C(=O)OCC(=O)NN3C(=O)NC4(CCC(C)CC4)C3=O)cc2C1=O. The van der Waals surface area contributed by atoms with E-state index < -0.39 is 47.8 Å². The summed E-state index contributed by atoms with van der Waals surface area (Å²) < 4.78 is 4.97. The highest BCUT2D eigenvalue weighted by Gasteiger charge is 2.53. The van der Waals surface area contributed by atoms with Gasteiger partial charge in [0.15, 0.2) is 6.61 Å². The van der Waals surface area contributed by atoms with E-state index >= 15 is 0 Å². The summed E-state index contributed by atoms with van der Waals surface area (Å²) in [5.41, 5.74) is 1.35. The molecule has 11 heteroatoms. The van der Waals surface area contributed by atoms with Crippen LogP contribution in [0.4, 0.5) is 4.79 Å². The van der Waals surface area contributed by atoms with Crippen LogP contribution in [0.25, 0.3) is 0 Å². The summed E-state index contributed by atoms with van der Waals surface area (Å²) in [5.74, 6) is -2.90. The van der Waals surface area contributed by atoms with E-state index in [2.05, 4.69) is 24.2 Å². The van der Waals surface area contributed by atoms with Gasteiger partial charge in [-0.05, 0) is 49.8 Å². The van der Waals surface area contributed by atoms with Gasteiger partial charge in [0.2, 0.25) is 0 Å². The second-order valence-corrected chi connectivity index (χ2v) is 8.72. The van der Waals surface area contributed by atoms with Crippen molar-refractivity contribution in [1.29, 1.82) is 0 Å². The van der Waals surface area contributed by atoms with Gasteiger partial charge < -0.3 is 10.1 Å². The maximum atomic E-state index is 12.8. The summed E-state index contributed by atoms with van der Waals surface area (Å²) in [7, 11) is 0. The van der Waals surface area contributed by atoms with E-state index in [9.17, 15) is 28.8 Å². The molecule has 2 N–H and O–H groups in total. The zero-order valence-corrected chi connectivity index (χ0v) is 18.6. The molecule has 1 saturated heterocycles. The molecule has 3 aliphatic rings. The van der Waals surface area contributed by atoms with E-state index in [-0.39, 0.29) is 23.2 Å². The zero-order valence-electron chi connectivity index (χ0n) is 18.6. The summed E-state index contributed by atoms with van der Waals surface area (Å²) in [6.45, 7) is 4.87. The first kappa shape index (κ1) is 23.1. The predicted octanol–water partition coefficient (Wildman–Crippen LogP) is 1.16. The standard InChI is InChI=1S/C23H24N4O7/c1-3-10-26-18(29)15-5-4-14(11-16(15)19(26)30)20(31)34-12-17(28)25-27-21(32)23(24-22(27)33)8-6-13(2)7-9-23/h3-5,11,13H,1,6-10,12H2,2H3,(H,24,33)(H,25,28). The number of esters is 1. The van der Waals surface area contributed by atoms with Crippen molar-refractivity contribution >= 4 is 35.6 Å². The molecule has 1 aliphatic carbocycles. The van der Waals surface area contributed by atoms with E-state index in [0.717, 1.165) is 17.7 Å². The van der Waals surface area contributed by atoms with Crippen molar-refractivity contribution < 1.29 is 33.5 Å². The van der Waals surface area contributed by atoms with Gasteiger partial charge >= 0.3 is 12.0 Å². The van der Waals surface area contributed by atoms with Crippen molar-refractivity contribution in [3.8, 4) is 0 Å². The fourth-order valence-corrected chi connectivity index (χ4v) is 4.40. The Hall–Kier alpha value is -4.02. The van der Waals surface area contributed by atoms with Crippen LogP contribution in [0.3, 0.4) is 0 Å². The smallest absolute Gasteiger partial charge is 0.344 e. The molecule has 2 heterocycles. The van der Waals surface area contributed by atoms with Crippen LogP contribution in [0, 0.1) is 5.92 Å². The number of benzene rings is 1. The van der Waals surface area contributed by atoms with Crippen LogP contribution in [0.5, 0.6) is 0 Å². The average molecular weight is 468 g/mol. The second-order valence-electron chi connectivity index (χ2n) is 8.72. The fraction of sp³-hybridized carbons (Fsp3) is 0.391. The number of carbonyl (C=O) groups excluding carboxylic acids is 6. The Kier molecular flexibility index (Phi) is 5.94. The monoisotopic (exact) mass is 468 g/mol. The number of carbonyl (C=O) groups is 6. The van der Waals surface area contributed by atoms with E-state index in [1.807, 2.05) is 0 Å². The zero-order chi connectivity index (χ0) is 24.6. The van der Waals surface area contributed by atoms with Crippen LogP contribution >= 0.6 is 0 Å². The predicted molar refractivity (Wildman–Crippen MR) is 116 cm³/mol. The maximum absolute atomic E-state index is 12.8. The quantitative estimate of drug-likeness (QED) is 0.276. The Morgan fingerprint density at radius 1 is 1.18 bits per heavy atom. The number of amides is 6. The molecule has 11 nitrogen and oxygen atoms in total. The molecule has 0 aromatic heterocycles. The number of urea groups is 1. The molecule has 1 saturated carbocycles. The second kappa shape index (κ2) is 8.73. The number of hydrazine groups is 1. The van der Waals surface area contributed by atoms with Gasteiger partial charge in [0, 0.05) is 6.54 Å². The number of nitrogens with zero attached hydrogens (tertiary/aromatic N) is 2. The summed E-state index contributed by atoms with van der Waals surface area (Å²) in [5, 5.41) is 3.30. The van der Waals surface area contributed by atoms with Gasteiger partial charge in [0.25, 0.3) is 23.6 Å². The third-order valence-electron chi connectivity index (χ3n) is 6.38. The minimum absolute atomic E-state index is 0.0292. The molecule has 6 amide bonds. The highest BCUT2D eigenvalue weighted by Crippen LogP contribution is 2.35. The van der Waals surface area contributed by atoms with Crippen molar-refractivity contribution in [2.24, 2.45) is 5.92 Å². The van der Waals surface area contributed by atoms with Gasteiger partial charge in [-0.1, -0.05) is 13.0 Å². The van der Waals surface area contributed by atoms with Crippen molar-refractivity contribution in [1.82, 2.24) is 20.7 Å². The van der Waals surface area contributed by atoms with E-state index in [1.165, 1.54) is 24.3 Å². The minimum atomic E-state index is -1.01. The molecule has 34 heavy (non-hydrogen) atoms. The normalized spacial score (nSPS) is 23.7. The molecule has 0 unspecified atom stereocenters. The largest absolute Gasteiger partial charge is 0.452 e. The van der Waals surface area contributed by atoms with Crippen LogP contribution in [0.1, 0.15) is 63.7 Å². The Morgan fingerprint density at radius 3 is 2.53 bits per heavy atom. The van der Waals surface area contributed by atoms with E-state index in [1.54, 1.807) is 0 Å². The van der Waals surface area contributed by atoms with Crippen molar-refractivity contribution in [3.05, 3.63) is 47.5 Å². The van der Waals surface area contributed by atoms with Gasteiger partial charge in [0.05, 0.1) is 16.7 Å². The number of hydrogen-bond donors (Lipinski definition) is 2. The van der Waals surface area contributed by atoms with E-state index in [0.29, 0.717) is 23.8 Å². The molecule has 0 radical (unpaired) electrons. The fourth-order valence-electron chi connectivity index (χ4n) is 4.40. The lowest BCUT2D eigenvalue weighted by atomic mass is 9.77. The van der Waals surface area contributed by atoms with Crippen LogP contribution < -0.4 is 10.7 Å². The topological polar surface area (TPSA) is 142 Å². The third kappa shape index (κ3) is 3.93. The Bertz CT molecular complexity index is 1120. The lowest BCUT2D eigenvalue weighted by molar-refractivity contribution is -0.141. The molecule has 0 bridgehead atoms. The van der Waals surface area contributed by atoms with Gasteiger partial charge in [-0.25, -0.2) is 9.59 Å². The first-order valence-corrected chi connectivity index (χ1v) is 10.9. The van der Waals surface area contributed by atoms with Gasteiger partial charge in [-0.3, -0.25) is 29.5 Å². The van der Waals surface area contributed by atoms with Crippen LogP contribution in [0.2, 0.25) is 0 Å². The lowest BCUT2D eigenvalue weighted by Crippen LogP contribution is -2.52. The Labute approximate surface area is 195 Å². The molecule has 0 atom stereocenters. The summed E-state index contributed by atoms with van der Waals surface area (Å²) in [4.78, 5) is 75.4. The first-order chi connectivity index (χ1) is 16.2. The number of fused-ring (bicyclic) bond motifs is 1. The molecule has 1 spiro atoms. The molecule has 1 aromatic rings. The average Bonchev–Trinajstić information content (AvgIpc) is 3.19. The number of rotatable bonds is 6. The highest BCUT2D eigenvalue weighted by atomic mass is 16.5. The highest BCUT2D eigenvalue weighted by molar-refractivity contribution is 6.22. The molecule has 178 valence electrons. The van der Waals surface area contributed by atoms with Crippen LogP contribution in [0.15, 0.2) is 30.9 Å². The van der Waals surface area contributed by atoms with E-state index in [4.69, 9.17) is 4.74 Å². The number of nitrogens with one attached hydrogen (secondary N) is 2. The minimum Gasteiger partial charge on any atom is -0.452 e. The number of ether oxygens (including phenoxy) is 1. The van der Waals surface area contributed by atoms with Crippen LogP contribution in [-0.4, -0.2) is 64.2 Å². The maximum Gasteiger partial charge on any atom is 0.344 e. The third-order valence-corrected chi connectivity index (χ3v) is 6.38. The first-order valence-electron chi connectivity index (χ1n) is 10.9. The summed E-state index contributed by atoms with van der Waals surface area (Å²) >= 11 is 0. The Morgan fingerprint density at radius 2 is 1.85 bits per heavy atom. The van der Waals surface area contributed by atoms with Crippen molar-refractivity contribution in [2.75, 3.05) is 13.2 Å². The molecular formula is C23H24N4O7. The van der Waals surface area contributed by atoms with Crippen LogP contribution in [-0.2, 0) is 14.3 Å². The van der Waals surface area contributed by atoms with Gasteiger partial charge in [-0.2, -0.15) is 5.01 Å². The number of hydrogen-bond acceptors (Lipinski definition) is 7. The molecule has 2 aliphatic heterocycles. The molecule has 2 fully saturated rings. The number of imide groups is 2. The van der Waals surface area contributed by atoms with Crippen molar-refractivity contribution in [2.45, 2.75) is 38.1 Å². The molecule has 4 rings (SSSR count). The molecule has 1 aromatic carbocycles. The summed E-state index contributed by atoms with van der Waals surface area (Å²) in [6.07, 6.45) is 3.96. The van der Waals surface area contributed by atoms with Crippen molar-refractivity contribution in [3.63, 3.8) is 0 Å². The Balaban J connectivity index is 1.35. The van der Waals surface area contributed by atoms with Gasteiger partial charge in [0.1, 0.15) is 5.54 Å². The van der Waals surface area contributed by atoms with Gasteiger partial charge in [-0.15, -0.1) is 6.58 Å². The molecular weight excluding hydrogens is 444 g/mol. The summed E-state index contributed by atoms with van der Waals surface area (Å²) in [6, 6.07) is 3.15. The lowest BCUT2D eigenvalue weighted by Gasteiger charge is -2.33.